The van der Waals surface area contributed by atoms with Gasteiger partial charge in [0.2, 0.25) is 0 Å². The minimum atomic E-state index is -2.22. The van der Waals surface area contributed by atoms with Crippen LogP contribution < -0.4 is 0 Å². The molecule has 0 saturated carbocycles. The van der Waals surface area contributed by atoms with E-state index in [1.807, 2.05) is 6.92 Å². The Bertz CT molecular complexity index is 166. The standard InChI is InChI=1S/C9H20O2Si/c1-8(2)12(10-6,11-7)9(3,4)5/h1H2,2-7H3. The molecule has 0 bridgehead atoms. The Morgan fingerprint density at radius 3 is 1.50 bits per heavy atom. The first-order valence-electron chi connectivity index (χ1n) is 4.08. The minimum absolute atomic E-state index is 0.0301. The second-order valence-electron chi connectivity index (χ2n) is 4.06. The van der Waals surface area contributed by atoms with Crippen LogP contribution in [0.3, 0.4) is 0 Å². The molecule has 0 amide bonds. The first kappa shape index (κ1) is 11.9. The van der Waals surface area contributed by atoms with Crippen molar-refractivity contribution in [2.75, 3.05) is 14.2 Å². The third kappa shape index (κ3) is 1.79. The van der Waals surface area contributed by atoms with E-state index in [1.165, 1.54) is 0 Å². The fraction of sp³-hybridized carbons (Fsp3) is 0.778. The van der Waals surface area contributed by atoms with Crippen molar-refractivity contribution in [1.29, 1.82) is 0 Å². The second-order valence-corrected chi connectivity index (χ2v) is 8.46. The topological polar surface area (TPSA) is 18.5 Å². The van der Waals surface area contributed by atoms with Crippen LogP contribution >= 0.6 is 0 Å². The molecule has 72 valence electrons. The van der Waals surface area contributed by atoms with Gasteiger partial charge in [-0.1, -0.05) is 27.4 Å². The van der Waals surface area contributed by atoms with Crippen LogP contribution in [0.25, 0.3) is 0 Å². The summed E-state index contributed by atoms with van der Waals surface area (Å²) in [5, 5.41) is 1.06. The molecule has 0 N–H and O–H groups in total. The number of rotatable bonds is 3. The van der Waals surface area contributed by atoms with Crippen LogP contribution in [0.15, 0.2) is 11.8 Å². The highest BCUT2D eigenvalue weighted by Gasteiger charge is 2.48. The quantitative estimate of drug-likeness (QED) is 0.634. The lowest BCUT2D eigenvalue weighted by Crippen LogP contribution is -2.50. The molecule has 2 nitrogen and oxygen atoms in total. The fourth-order valence-electron chi connectivity index (χ4n) is 1.68. The van der Waals surface area contributed by atoms with Gasteiger partial charge in [-0.2, -0.15) is 0 Å². The average molecular weight is 188 g/mol. The van der Waals surface area contributed by atoms with E-state index in [2.05, 4.69) is 27.4 Å². The molecule has 0 aromatic carbocycles. The van der Waals surface area contributed by atoms with Gasteiger partial charge >= 0.3 is 8.56 Å². The molecule has 0 atom stereocenters. The molecule has 0 aromatic heterocycles. The van der Waals surface area contributed by atoms with E-state index in [0.717, 1.165) is 5.20 Å². The Morgan fingerprint density at radius 2 is 1.50 bits per heavy atom. The summed E-state index contributed by atoms with van der Waals surface area (Å²) in [6.07, 6.45) is 0. The molecular formula is C9H20O2Si. The smallest absolute Gasteiger partial charge is 0.372 e. The van der Waals surface area contributed by atoms with Gasteiger partial charge in [0.05, 0.1) is 0 Å². The molecule has 0 fully saturated rings. The molecule has 0 rings (SSSR count). The molecule has 0 heterocycles. The van der Waals surface area contributed by atoms with E-state index < -0.39 is 8.56 Å². The van der Waals surface area contributed by atoms with Crippen LogP contribution in [0.1, 0.15) is 27.7 Å². The summed E-state index contributed by atoms with van der Waals surface area (Å²) in [7, 11) is 1.19. The lowest BCUT2D eigenvalue weighted by Gasteiger charge is -2.38. The Balaban J connectivity index is 4.97. The van der Waals surface area contributed by atoms with Gasteiger partial charge in [0, 0.05) is 19.3 Å². The van der Waals surface area contributed by atoms with Crippen molar-refractivity contribution in [1.82, 2.24) is 0 Å². The van der Waals surface area contributed by atoms with Crippen LogP contribution in [-0.4, -0.2) is 22.8 Å². The fourth-order valence-corrected chi connectivity index (χ4v) is 5.05. The summed E-state index contributed by atoms with van der Waals surface area (Å²) in [5.41, 5.74) is 0. The Hall–Kier alpha value is -0.123. The largest absolute Gasteiger partial charge is 0.394 e. The molecule has 0 aliphatic rings. The molecule has 0 unspecified atom stereocenters. The van der Waals surface area contributed by atoms with Crippen LogP contribution in [0.5, 0.6) is 0 Å². The van der Waals surface area contributed by atoms with Gasteiger partial charge in [0.25, 0.3) is 0 Å². The SMILES string of the molecule is C=C(C)[Si](OC)(OC)C(C)(C)C. The maximum Gasteiger partial charge on any atom is 0.372 e. The van der Waals surface area contributed by atoms with Crippen molar-refractivity contribution in [3.05, 3.63) is 11.8 Å². The highest BCUT2D eigenvalue weighted by molar-refractivity contribution is 6.77. The second kappa shape index (κ2) is 3.73. The van der Waals surface area contributed by atoms with Gasteiger partial charge in [-0.25, -0.2) is 0 Å². The van der Waals surface area contributed by atoms with Crippen molar-refractivity contribution < 1.29 is 8.85 Å². The number of allylic oxidation sites excluding steroid dienone is 1. The molecule has 0 saturated heterocycles. The third-order valence-electron chi connectivity index (χ3n) is 2.12. The normalized spacial score (nSPS) is 13.2. The summed E-state index contributed by atoms with van der Waals surface area (Å²) < 4.78 is 11.1. The van der Waals surface area contributed by atoms with E-state index in [0.29, 0.717) is 0 Å². The first-order chi connectivity index (χ1) is 5.31. The van der Waals surface area contributed by atoms with Crippen LogP contribution in [0.2, 0.25) is 5.04 Å². The molecule has 0 aliphatic carbocycles. The zero-order chi connectivity index (χ0) is 9.99. The molecule has 0 aliphatic heterocycles. The summed E-state index contributed by atoms with van der Waals surface area (Å²) in [4.78, 5) is 0. The monoisotopic (exact) mass is 188 g/mol. The predicted octanol–water partition coefficient (Wildman–Crippen LogP) is 2.64. The van der Waals surface area contributed by atoms with Gasteiger partial charge in [0.15, 0.2) is 0 Å². The van der Waals surface area contributed by atoms with Crippen LogP contribution in [0.4, 0.5) is 0 Å². The lowest BCUT2D eigenvalue weighted by atomic mass is 10.2. The average Bonchev–Trinajstić information content (AvgIpc) is 1.87. The first-order valence-corrected chi connectivity index (χ1v) is 5.89. The highest BCUT2D eigenvalue weighted by Crippen LogP contribution is 2.40. The maximum absolute atomic E-state index is 5.53. The van der Waals surface area contributed by atoms with Crippen molar-refractivity contribution in [3.8, 4) is 0 Å². The molecule has 0 radical (unpaired) electrons. The van der Waals surface area contributed by atoms with Crippen molar-refractivity contribution >= 4 is 8.56 Å². The molecule has 3 heteroatoms. The molecule has 12 heavy (non-hydrogen) atoms. The van der Waals surface area contributed by atoms with Crippen LogP contribution in [0, 0.1) is 0 Å². The summed E-state index contributed by atoms with van der Waals surface area (Å²) in [6.45, 7) is 12.3. The number of hydrogen-bond donors (Lipinski definition) is 0. The predicted molar refractivity (Wildman–Crippen MR) is 54.3 cm³/mol. The van der Waals surface area contributed by atoms with Crippen LogP contribution in [-0.2, 0) is 8.85 Å². The van der Waals surface area contributed by atoms with Gasteiger partial charge < -0.3 is 8.85 Å². The van der Waals surface area contributed by atoms with Crippen molar-refractivity contribution in [2.45, 2.75) is 32.7 Å². The van der Waals surface area contributed by atoms with Gasteiger partial charge in [0.1, 0.15) is 0 Å². The van der Waals surface area contributed by atoms with Gasteiger partial charge in [-0.3, -0.25) is 0 Å². The Morgan fingerprint density at radius 1 is 1.17 bits per heavy atom. The van der Waals surface area contributed by atoms with Gasteiger partial charge in [-0.05, 0) is 12.1 Å². The molecule has 0 aromatic rings. The Labute approximate surface area is 76.8 Å². The lowest BCUT2D eigenvalue weighted by molar-refractivity contribution is 0.224. The van der Waals surface area contributed by atoms with Crippen molar-refractivity contribution in [2.24, 2.45) is 0 Å². The maximum atomic E-state index is 5.53. The summed E-state index contributed by atoms with van der Waals surface area (Å²) >= 11 is 0. The van der Waals surface area contributed by atoms with E-state index in [-0.39, 0.29) is 5.04 Å². The van der Waals surface area contributed by atoms with Crippen molar-refractivity contribution in [3.63, 3.8) is 0 Å². The zero-order valence-corrected chi connectivity index (χ0v) is 10.0. The molecule has 0 spiro atoms. The minimum Gasteiger partial charge on any atom is -0.394 e. The van der Waals surface area contributed by atoms with E-state index >= 15 is 0 Å². The van der Waals surface area contributed by atoms with Gasteiger partial charge in [-0.15, -0.1) is 0 Å². The molecular weight excluding hydrogens is 168 g/mol. The highest BCUT2D eigenvalue weighted by atomic mass is 28.4. The Kier molecular flexibility index (Phi) is 3.69. The number of hydrogen-bond acceptors (Lipinski definition) is 2. The van der Waals surface area contributed by atoms with E-state index in [4.69, 9.17) is 8.85 Å². The van der Waals surface area contributed by atoms with E-state index in [1.54, 1.807) is 14.2 Å². The summed E-state index contributed by atoms with van der Waals surface area (Å²) in [6, 6.07) is 0. The van der Waals surface area contributed by atoms with E-state index in [9.17, 15) is 0 Å². The third-order valence-corrected chi connectivity index (χ3v) is 6.37. The zero-order valence-electron chi connectivity index (χ0n) is 9.02. The summed E-state index contributed by atoms with van der Waals surface area (Å²) in [5.74, 6) is 0.